The maximum absolute atomic E-state index is 11.9. The van der Waals surface area contributed by atoms with E-state index >= 15 is 0 Å². The van der Waals surface area contributed by atoms with Crippen LogP contribution in [0.25, 0.3) is 0 Å². The topological polar surface area (TPSA) is 70.7 Å². The first-order valence-electron chi connectivity index (χ1n) is 5.98. The third-order valence-electron chi connectivity index (χ3n) is 2.91. The van der Waals surface area contributed by atoms with Crippen LogP contribution in [0, 0.1) is 5.92 Å². The van der Waals surface area contributed by atoms with Gasteiger partial charge >= 0.3 is 0 Å². The van der Waals surface area contributed by atoms with Crippen molar-refractivity contribution in [1.82, 2.24) is 14.3 Å². The first-order chi connectivity index (χ1) is 8.10. The van der Waals surface area contributed by atoms with Crippen molar-refractivity contribution in [2.24, 2.45) is 5.92 Å². The van der Waals surface area contributed by atoms with Gasteiger partial charge in [-0.25, -0.2) is 0 Å². The second-order valence-electron chi connectivity index (χ2n) is 4.32. The highest BCUT2D eigenvalue weighted by atomic mass is 32.2. The minimum absolute atomic E-state index is 0.325. The fourth-order valence-corrected chi connectivity index (χ4v) is 3.36. The van der Waals surface area contributed by atoms with E-state index in [-0.39, 0.29) is 0 Å². The van der Waals surface area contributed by atoms with E-state index in [1.54, 1.807) is 7.11 Å². The Kier molecular flexibility index (Phi) is 6.35. The van der Waals surface area contributed by atoms with Gasteiger partial charge in [0.05, 0.1) is 6.61 Å². The van der Waals surface area contributed by atoms with Crippen molar-refractivity contribution in [3.05, 3.63) is 0 Å². The molecule has 1 aliphatic heterocycles. The van der Waals surface area contributed by atoms with E-state index in [2.05, 4.69) is 10.0 Å². The molecule has 0 spiro atoms. The SMILES string of the molecule is CNCC1CCCN(S(=O)(=O)NCCOC)C1. The molecule has 1 fully saturated rings. The highest BCUT2D eigenvalue weighted by molar-refractivity contribution is 7.87. The molecule has 0 aromatic heterocycles. The summed E-state index contributed by atoms with van der Waals surface area (Å²) >= 11 is 0. The van der Waals surface area contributed by atoms with Crippen LogP contribution >= 0.6 is 0 Å². The molecule has 1 unspecified atom stereocenters. The Morgan fingerprint density at radius 1 is 1.47 bits per heavy atom. The second kappa shape index (κ2) is 7.27. The van der Waals surface area contributed by atoms with Crippen LogP contribution in [0.3, 0.4) is 0 Å². The molecule has 1 aliphatic rings. The summed E-state index contributed by atoms with van der Waals surface area (Å²) in [6, 6.07) is 0. The van der Waals surface area contributed by atoms with E-state index < -0.39 is 10.2 Å². The predicted octanol–water partition coefficient (Wildman–Crippen LogP) is -0.601. The van der Waals surface area contributed by atoms with Gasteiger partial charge in [0.25, 0.3) is 10.2 Å². The third kappa shape index (κ3) is 4.89. The quantitative estimate of drug-likeness (QED) is 0.603. The van der Waals surface area contributed by atoms with E-state index in [1.807, 2.05) is 7.05 Å². The Bertz CT molecular complexity index is 306. The molecule has 0 bridgehead atoms. The Hall–Kier alpha value is -0.210. The monoisotopic (exact) mass is 265 g/mol. The Labute approximate surface area is 104 Å². The normalized spacial score (nSPS) is 22.8. The molecule has 2 N–H and O–H groups in total. The number of hydrogen-bond donors (Lipinski definition) is 2. The standard InChI is InChI=1S/C10H23N3O3S/c1-11-8-10-4-3-6-13(9-10)17(14,15)12-5-7-16-2/h10-12H,3-9H2,1-2H3. The van der Waals surface area contributed by atoms with Gasteiger partial charge in [-0.15, -0.1) is 0 Å². The fraction of sp³-hybridized carbons (Fsp3) is 1.00. The molecule has 0 amide bonds. The summed E-state index contributed by atoms with van der Waals surface area (Å²) in [6.45, 7) is 2.80. The van der Waals surface area contributed by atoms with Crippen molar-refractivity contribution in [2.45, 2.75) is 12.8 Å². The average Bonchev–Trinajstić information content (AvgIpc) is 2.30. The molecule has 1 saturated heterocycles. The number of nitrogens with zero attached hydrogens (tertiary/aromatic N) is 1. The zero-order valence-corrected chi connectivity index (χ0v) is 11.4. The van der Waals surface area contributed by atoms with Crippen LogP contribution in [0.15, 0.2) is 0 Å². The summed E-state index contributed by atoms with van der Waals surface area (Å²) in [4.78, 5) is 0. The molecule has 0 aromatic rings. The minimum Gasteiger partial charge on any atom is -0.383 e. The summed E-state index contributed by atoms with van der Waals surface area (Å²) < 4.78 is 32.8. The van der Waals surface area contributed by atoms with E-state index in [4.69, 9.17) is 4.74 Å². The van der Waals surface area contributed by atoms with E-state index in [9.17, 15) is 8.42 Å². The van der Waals surface area contributed by atoms with Crippen molar-refractivity contribution >= 4 is 10.2 Å². The lowest BCUT2D eigenvalue weighted by atomic mass is 10.00. The highest BCUT2D eigenvalue weighted by Crippen LogP contribution is 2.17. The molecule has 0 aliphatic carbocycles. The van der Waals surface area contributed by atoms with E-state index in [0.717, 1.165) is 19.4 Å². The van der Waals surface area contributed by atoms with Crippen molar-refractivity contribution in [1.29, 1.82) is 0 Å². The lowest BCUT2D eigenvalue weighted by Crippen LogP contribution is -2.48. The molecule has 1 atom stereocenters. The molecule has 1 rings (SSSR count). The van der Waals surface area contributed by atoms with Crippen molar-refractivity contribution in [2.75, 3.05) is 46.9 Å². The Morgan fingerprint density at radius 2 is 2.24 bits per heavy atom. The summed E-state index contributed by atoms with van der Waals surface area (Å²) in [5.74, 6) is 0.410. The van der Waals surface area contributed by atoms with Crippen LogP contribution in [0.1, 0.15) is 12.8 Å². The molecule has 0 saturated carbocycles. The third-order valence-corrected chi connectivity index (χ3v) is 4.49. The van der Waals surface area contributed by atoms with Crippen molar-refractivity contribution in [3.63, 3.8) is 0 Å². The van der Waals surface area contributed by atoms with Gasteiger partial charge in [-0.1, -0.05) is 0 Å². The second-order valence-corrected chi connectivity index (χ2v) is 6.07. The van der Waals surface area contributed by atoms with Crippen LogP contribution in [-0.4, -0.2) is 59.7 Å². The number of nitrogens with one attached hydrogen (secondary N) is 2. The van der Waals surface area contributed by atoms with Crippen molar-refractivity contribution < 1.29 is 13.2 Å². The van der Waals surface area contributed by atoms with Gasteiger partial charge in [0, 0.05) is 26.7 Å². The number of piperidine rings is 1. The molecular weight excluding hydrogens is 242 g/mol. The first kappa shape index (κ1) is 14.8. The molecule has 1 heterocycles. The molecule has 7 heteroatoms. The van der Waals surface area contributed by atoms with Crippen LogP contribution in [0.5, 0.6) is 0 Å². The Balaban J connectivity index is 2.46. The zero-order chi connectivity index (χ0) is 12.7. The van der Waals surface area contributed by atoms with E-state index in [1.165, 1.54) is 4.31 Å². The largest absolute Gasteiger partial charge is 0.383 e. The van der Waals surface area contributed by atoms with Gasteiger partial charge in [0.1, 0.15) is 0 Å². The maximum Gasteiger partial charge on any atom is 0.279 e. The van der Waals surface area contributed by atoms with Gasteiger partial charge in [-0.05, 0) is 32.4 Å². The summed E-state index contributed by atoms with van der Waals surface area (Å²) in [5, 5.41) is 3.10. The average molecular weight is 265 g/mol. The molecule has 102 valence electrons. The molecule has 0 aromatic carbocycles. The number of rotatable bonds is 7. The predicted molar refractivity (Wildman–Crippen MR) is 67.0 cm³/mol. The van der Waals surface area contributed by atoms with Gasteiger partial charge in [-0.2, -0.15) is 17.4 Å². The van der Waals surface area contributed by atoms with E-state index in [0.29, 0.717) is 32.2 Å². The fourth-order valence-electron chi connectivity index (χ4n) is 2.06. The summed E-state index contributed by atoms with van der Waals surface area (Å²) in [6.07, 6.45) is 2.02. The Morgan fingerprint density at radius 3 is 2.88 bits per heavy atom. The molecule has 0 radical (unpaired) electrons. The molecule has 6 nitrogen and oxygen atoms in total. The number of methoxy groups -OCH3 is 1. The van der Waals surface area contributed by atoms with Crippen LogP contribution in [-0.2, 0) is 14.9 Å². The highest BCUT2D eigenvalue weighted by Gasteiger charge is 2.27. The maximum atomic E-state index is 11.9. The number of ether oxygens (including phenoxy) is 1. The van der Waals surface area contributed by atoms with Crippen LogP contribution in [0.4, 0.5) is 0 Å². The van der Waals surface area contributed by atoms with Gasteiger partial charge in [-0.3, -0.25) is 0 Å². The van der Waals surface area contributed by atoms with Crippen molar-refractivity contribution in [3.8, 4) is 0 Å². The summed E-state index contributed by atoms with van der Waals surface area (Å²) in [7, 11) is 0.116. The minimum atomic E-state index is -3.33. The van der Waals surface area contributed by atoms with Crippen LogP contribution in [0.2, 0.25) is 0 Å². The lowest BCUT2D eigenvalue weighted by molar-refractivity contribution is 0.202. The van der Waals surface area contributed by atoms with Gasteiger partial charge in [0.2, 0.25) is 0 Å². The van der Waals surface area contributed by atoms with Gasteiger partial charge < -0.3 is 10.1 Å². The smallest absolute Gasteiger partial charge is 0.279 e. The molecular formula is C10H23N3O3S. The zero-order valence-electron chi connectivity index (χ0n) is 10.6. The first-order valence-corrected chi connectivity index (χ1v) is 7.42. The lowest BCUT2D eigenvalue weighted by Gasteiger charge is -2.31. The van der Waals surface area contributed by atoms with Gasteiger partial charge in [0.15, 0.2) is 0 Å². The number of hydrogen-bond acceptors (Lipinski definition) is 4. The molecule has 17 heavy (non-hydrogen) atoms. The summed E-state index contributed by atoms with van der Waals surface area (Å²) in [5.41, 5.74) is 0. The van der Waals surface area contributed by atoms with Crippen LogP contribution < -0.4 is 10.0 Å².